The van der Waals surface area contributed by atoms with Gasteiger partial charge in [-0.25, -0.2) is 9.97 Å². The van der Waals surface area contributed by atoms with E-state index in [-0.39, 0.29) is 11.9 Å². The molecule has 1 aliphatic heterocycles. The van der Waals surface area contributed by atoms with Crippen molar-refractivity contribution in [2.24, 2.45) is 0 Å². The van der Waals surface area contributed by atoms with Gasteiger partial charge in [0.25, 0.3) is 0 Å². The number of piperidine rings is 1. The zero-order chi connectivity index (χ0) is 23.3. The van der Waals surface area contributed by atoms with Crippen molar-refractivity contribution in [3.05, 3.63) is 35.9 Å². The number of ether oxygens (including phenoxy) is 1. The van der Waals surface area contributed by atoms with E-state index in [0.29, 0.717) is 23.5 Å². The van der Waals surface area contributed by atoms with Crippen LogP contribution < -0.4 is 15.4 Å². The lowest BCUT2D eigenvalue weighted by atomic mass is 9.97. The molecule has 1 atom stereocenters. The number of fused-ring (bicyclic) bond motifs is 3. The van der Waals surface area contributed by atoms with Crippen LogP contribution in [-0.2, 0) is 6.54 Å². The summed E-state index contributed by atoms with van der Waals surface area (Å²) in [5.41, 5.74) is 8.92. The molecule has 0 amide bonds. The molecule has 0 aliphatic carbocycles. The Hall–Kier alpha value is -3.40. The Labute approximate surface area is 192 Å². The Balaban J connectivity index is 1.47. The molecule has 4 heterocycles. The fourth-order valence-electron chi connectivity index (χ4n) is 4.66. The van der Waals surface area contributed by atoms with Crippen molar-refractivity contribution < 1.29 is 9.84 Å². The molecule has 0 radical (unpaired) electrons. The van der Waals surface area contributed by atoms with E-state index in [1.807, 2.05) is 36.0 Å². The molecule has 174 valence electrons. The topological polar surface area (TPSA) is 120 Å². The maximum atomic E-state index is 10.2. The van der Waals surface area contributed by atoms with Crippen molar-refractivity contribution in [2.75, 3.05) is 30.8 Å². The maximum Gasteiger partial charge on any atom is 0.223 e. The van der Waals surface area contributed by atoms with Crippen molar-refractivity contribution in [2.45, 2.75) is 51.7 Å². The Morgan fingerprint density at radius 1 is 1.27 bits per heavy atom. The molecule has 0 bridgehead atoms. The van der Waals surface area contributed by atoms with Gasteiger partial charge in [-0.2, -0.15) is 9.61 Å². The number of benzene rings is 1. The largest absolute Gasteiger partial charge is 0.494 e. The Kier molecular flexibility index (Phi) is 5.12. The van der Waals surface area contributed by atoms with Crippen LogP contribution in [0.2, 0.25) is 0 Å². The van der Waals surface area contributed by atoms with Gasteiger partial charge in [-0.1, -0.05) is 6.07 Å². The zero-order valence-electron chi connectivity index (χ0n) is 19.5. The molecular formula is C23H30N8O2. The fourth-order valence-corrected chi connectivity index (χ4v) is 4.66. The molecule has 3 N–H and O–H groups in total. The van der Waals surface area contributed by atoms with Gasteiger partial charge in [0.05, 0.1) is 36.8 Å². The van der Waals surface area contributed by atoms with Crippen LogP contribution in [0, 0.1) is 6.92 Å². The van der Waals surface area contributed by atoms with Crippen LogP contribution in [0.5, 0.6) is 5.75 Å². The van der Waals surface area contributed by atoms with Crippen molar-refractivity contribution >= 4 is 28.2 Å². The first-order chi connectivity index (χ1) is 15.7. The highest BCUT2D eigenvalue weighted by atomic mass is 16.5. The lowest BCUT2D eigenvalue weighted by Crippen LogP contribution is -2.35. The third-order valence-corrected chi connectivity index (χ3v) is 6.27. The average molecular weight is 451 g/mol. The normalized spacial score (nSPS) is 17.2. The number of nitrogens with two attached hydrogens (primary N) is 1. The lowest BCUT2D eigenvalue weighted by molar-refractivity contribution is 0.0571. The summed E-state index contributed by atoms with van der Waals surface area (Å²) in [5, 5.41) is 20.3. The van der Waals surface area contributed by atoms with Crippen LogP contribution in [0.4, 0.5) is 11.6 Å². The Morgan fingerprint density at radius 3 is 2.85 bits per heavy atom. The number of aliphatic hydroxyl groups is 1. The summed E-state index contributed by atoms with van der Waals surface area (Å²) in [7, 11) is 1.62. The number of nitrogen functional groups attached to an aromatic ring is 1. The van der Waals surface area contributed by atoms with Crippen molar-refractivity contribution in [3.8, 4) is 5.75 Å². The van der Waals surface area contributed by atoms with Crippen LogP contribution in [0.3, 0.4) is 0 Å². The summed E-state index contributed by atoms with van der Waals surface area (Å²) in [6.45, 7) is 7.82. The van der Waals surface area contributed by atoms with E-state index in [4.69, 9.17) is 20.6 Å². The summed E-state index contributed by atoms with van der Waals surface area (Å²) < 4.78 is 8.95. The SMILES string of the molecule is COc1cccc2c1nc(N)n1nc([C@@H]3CCCN(c4cnn(CC(C)(C)O)c4C)C3)nc21. The van der Waals surface area contributed by atoms with Crippen LogP contribution in [0.1, 0.15) is 44.1 Å². The monoisotopic (exact) mass is 450 g/mol. The van der Waals surface area contributed by atoms with E-state index in [0.717, 1.165) is 48.5 Å². The predicted molar refractivity (Wildman–Crippen MR) is 127 cm³/mol. The minimum Gasteiger partial charge on any atom is -0.494 e. The third-order valence-electron chi connectivity index (χ3n) is 6.27. The van der Waals surface area contributed by atoms with Gasteiger partial charge in [0.2, 0.25) is 5.95 Å². The van der Waals surface area contributed by atoms with Crippen molar-refractivity contribution in [1.29, 1.82) is 0 Å². The van der Waals surface area contributed by atoms with Crippen LogP contribution >= 0.6 is 0 Å². The van der Waals surface area contributed by atoms with Gasteiger partial charge >= 0.3 is 0 Å². The highest BCUT2D eigenvalue weighted by molar-refractivity contribution is 5.95. The second-order valence-electron chi connectivity index (χ2n) is 9.40. The number of nitrogens with zero attached hydrogens (tertiary/aromatic N) is 7. The molecule has 3 aromatic heterocycles. The summed E-state index contributed by atoms with van der Waals surface area (Å²) >= 11 is 0. The molecule has 10 nitrogen and oxygen atoms in total. The molecule has 1 aliphatic rings. The number of anilines is 2. The van der Waals surface area contributed by atoms with Gasteiger partial charge in [-0.15, -0.1) is 5.10 Å². The molecule has 5 rings (SSSR count). The molecular weight excluding hydrogens is 420 g/mol. The molecule has 0 saturated carbocycles. The number of hydrogen-bond donors (Lipinski definition) is 2. The molecule has 1 saturated heterocycles. The van der Waals surface area contributed by atoms with Gasteiger partial charge in [-0.05, 0) is 45.7 Å². The maximum absolute atomic E-state index is 10.2. The van der Waals surface area contributed by atoms with E-state index in [1.54, 1.807) is 25.5 Å². The van der Waals surface area contributed by atoms with E-state index in [2.05, 4.69) is 15.0 Å². The number of methoxy groups -OCH3 is 1. The molecule has 4 aromatic rings. The van der Waals surface area contributed by atoms with Crippen LogP contribution in [-0.4, -0.2) is 60.3 Å². The number of para-hydroxylation sites is 1. The summed E-state index contributed by atoms with van der Waals surface area (Å²) in [6.07, 6.45) is 3.92. The van der Waals surface area contributed by atoms with E-state index >= 15 is 0 Å². The fraction of sp³-hybridized carbons (Fsp3) is 0.478. The quantitative estimate of drug-likeness (QED) is 0.476. The van der Waals surface area contributed by atoms with E-state index < -0.39 is 5.60 Å². The molecule has 1 aromatic carbocycles. The number of hydrogen-bond acceptors (Lipinski definition) is 8. The average Bonchev–Trinajstić information content (AvgIpc) is 3.38. The van der Waals surface area contributed by atoms with Gasteiger partial charge in [0.1, 0.15) is 11.3 Å². The van der Waals surface area contributed by atoms with Gasteiger partial charge < -0.3 is 20.5 Å². The standard InChI is InChI=1S/C23H30N8O2/c1-14-17(11-25-30(14)13-23(2,3)32)29-10-6-7-15(12-29)20-27-21-16-8-5-9-18(33-4)19(16)26-22(24)31(21)28-20/h5,8-9,11,15,32H,6-7,10,12-13H2,1-4H3,(H2,24,26)/t15-/m1/s1. The predicted octanol–water partition coefficient (Wildman–Crippen LogP) is 2.53. The second-order valence-corrected chi connectivity index (χ2v) is 9.40. The van der Waals surface area contributed by atoms with Crippen molar-refractivity contribution in [3.63, 3.8) is 0 Å². The highest BCUT2D eigenvalue weighted by Crippen LogP contribution is 2.33. The second kappa shape index (κ2) is 7.87. The van der Waals surface area contributed by atoms with E-state index in [1.165, 1.54) is 0 Å². The molecule has 33 heavy (non-hydrogen) atoms. The minimum atomic E-state index is -0.821. The van der Waals surface area contributed by atoms with Crippen molar-refractivity contribution in [1.82, 2.24) is 29.4 Å². The first-order valence-electron chi connectivity index (χ1n) is 11.2. The molecule has 1 fully saturated rings. The summed E-state index contributed by atoms with van der Waals surface area (Å²) in [4.78, 5) is 11.8. The highest BCUT2D eigenvalue weighted by Gasteiger charge is 2.28. The first-order valence-corrected chi connectivity index (χ1v) is 11.2. The summed E-state index contributed by atoms with van der Waals surface area (Å²) in [5.74, 6) is 1.88. The first kappa shape index (κ1) is 21.4. The molecule has 10 heteroatoms. The third kappa shape index (κ3) is 3.84. The minimum absolute atomic E-state index is 0.163. The zero-order valence-corrected chi connectivity index (χ0v) is 19.5. The Morgan fingerprint density at radius 2 is 2.09 bits per heavy atom. The number of aromatic nitrogens is 6. The summed E-state index contributed by atoms with van der Waals surface area (Å²) in [6, 6.07) is 5.75. The van der Waals surface area contributed by atoms with Gasteiger partial charge in [0.15, 0.2) is 11.5 Å². The van der Waals surface area contributed by atoms with E-state index in [9.17, 15) is 5.11 Å². The smallest absolute Gasteiger partial charge is 0.223 e. The Bertz CT molecular complexity index is 1320. The molecule has 0 unspecified atom stereocenters. The van der Waals surface area contributed by atoms with Gasteiger partial charge in [-0.3, -0.25) is 4.68 Å². The van der Waals surface area contributed by atoms with Crippen LogP contribution in [0.15, 0.2) is 24.4 Å². The van der Waals surface area contributed by atoms with Gasteiger partial charge in [0, 0.05) is 24.4 Å². The van der Waals surface area contributed by atoms with Crippen LogP contribution in [0.25, 0.3) is 16.6 Å². The molecule has 0 spiro atoms. The lowest BCUT2D eigenvalue weighted by Gasteiger charge is -2.33. The number of rotatable bonds is 5.